The maximum Gasteiger partial charge on any atom is 0.410 e. The number of nitrogens with zero attached hydrogens (tertiary/aromatic N) is 2. The number of piperidine rings is 2. The number of rotatable bonds is 2. The summed E-state index contributed by atoms with van der Waals surface area (Å²) in [5.41, 5.74) is -0.150. The lowest BCUT2D eigenvalue weighted by molar-refractivity contribution is -0.0919. The Bertz CT molecular complexity index is 568. The van der Waals surface area contributed by atoms with E-state index in [1.165, 1.54) is 0 Å². The Balaban J connectivity index is 1.74. The van der Waals surface area contributed by atoms with Crippen LogP contribution in [-0.4, -0.2) is 44.4 Å². The zero-order valence-corrected chi connectivity index (χ0v) is 14.9. The van der Waals surface area contributed by atoms with Gasteiger partial charge in [-0.15, -0.1) is 0 Å². The lowest BCUT2D eigenvalue weighted by Gasteiger charge is -2.51. The Labute approximate surface area is 144 Å². The summed E-state index contributed by atoms with van der Waals surface area (Å²) in [6.07, 6.45) is 8.12. The molecule has 132 valence electrons. The normalized spacial score (nSPS) is 30.1. The Morgan fingerprint density at radius 3 is 2.42 bits per heavy atom. The van der Waals surface area contributed by atoms with Gasteiger partial charge in [0, 0.05) is 30.9 Å². The molecule has 2 bridgehead atoms. The van der Waals surface area contributed by atoms with E-state index in [4.69, 9.17) is 4.74 Å². The molecule has 5 nitrogen and oxygen atoms in total. The lowest BCUT2D eigenvalue weighted by atomic mass is 9.73. The summed E-state index contributed by atoms with van der Waals surface area (Å²) in [4.78, 5) is 18.5. The van der Waals surface area contributed by atoms with Gasteiger partial charge in [0.1, 0.15) is 5.60 Å². The largest absolute Gasteiger partial charge is 0.444 e. The molecule has 1 N–H and O–H groups in total. The summed E-state index contributed by atoms with van der Waals surface area (Å²) in [6.45, 7) is 5.68. The van der Waals surface area contributed by atoms with Gasteiger partial charge in [-0.2, -0.15) is 0 Å². The van der Waals surface area contributed by atoms with Crippen LogP contribution in [0.3, 0.4) is 0 Å². The van der Waals surface area contributed by atoms with E-state index in [9.17, 15) is 9.90 Å². The minimum Gasteiger partial charge on any atom is -0.444 e. The molecule has 5 heteroatoms. The van der Waals surface area contributed by atoms with Crippen LogP contribution in [0.25, 0.3) is 0 Å². The van der Waals surface area contributed by atoms with Gasteiger partial charge in [0.2, 0.25) is 0 Å². The molecule has 1 amide bonds. The summed E-state index contributed by atoms with van der Waals surface area (Å²) in [5, 5.41) is 11.2. The molecule has 2 saturated heterocycles. The first-order valence-corrected chi connectivity index (χ1v) is 8.88. The highest BCUT2D eigenvalue weighted by molar-refractivity contribution is 5.69. The molecule has 0 spiro atoms. The third-order valence-corrected chi connectivity index (χ3v) is 4.98. The average Bonchev–Trinajstić information content (AvgIpc) is 2.45. The topological polar surface area (TPSA) is 62.7 Å². The highest BCUT2D eigenvalue weighted by Gasteiger charge is 2.48. The van der Waals surface area contributed by atoms with Crippen LogP contribution in [0.15, 0.2) is 24.5 Å². The molecule has 3 rings (SSSR count). The maximum absolute atomic E-state index is 12.6. The fourth-order valence-electron chi connectivity index (χ4n) is 4.16. The van der Waals surface area contributed by atoms with Crippen LogP contribution in [0.2, 0.25) is 0 Å². The first kappa shape index (κ1) is 17.2. The fraction of sp³-hybridized carbons (Fsp3) is 0.684. The molecule has 2 fully saturated rings. The van der Waals surface area contributed by atoms with Crippen molar-refractivity contribution in [1.82, 2.24) is 9.88 Å². The van der Waals surface area contributed by atoms with E-state index in [0.29, 0.717) is 19.3 Å². The predicted octanol–water partition coefficient (Wildman–Crippen LogP) is 3.31. The van der Waals surface area contributed by atoms with E-state index in [2.05, 4.69) is 4.98 Å². The molecule has 0 aromatic carbocycles. The van der Waals surface area contributed by atoms with Gasteiger partial charge in [0.05, 0.1) is 5.60 Å². The standard InChI is InChI=1S/C19H28N2O3/c1-18(2,3)24-17(22)21-15-5-4-6-16(21)13-19(23,12-15)11-14-7-9-20-10-8-14/h7-10,15-16,23H,4-6,11-13H2,1-3H3. The first-order chi connectivity index (χ1) is 11.3. The minimum atomic E-state index is -0.754. The number of aromatic nitrogens is 1. The molecule has 2 aliphatic rings. The Hall–Kier alpha value is -1.62. The van der Waals surface area contributed by atoms with Gasteiger partial charge in [0.15, 0.2) is 0 Å². The number of pyridine rings is 1. The quantitative estimate of drug-likeness (QED) is 0.902. The highest BCUT2D eigenvalue weighted by Crippen LogP contribution is 2.41. The van der Waals surface area contributed by atoms with E-state index in [0.717, 1.165) is 24.8 Å². The van der Waals surface area contributed by atoms with Crippen molar-refractivity contribution < 1.29 is 14.6 Å². The molecular weight excluding hydrogens is 304 g/mol. The summed E-state index contributed by atoms with van der Waals surface area (Å²) >= 11 is 0. The van der Waals surface area contributed by atoms with Gasteiger partial charge < -0.3 is 14.7 Å². The van der Waals surface area contributed by atoms with Crippen molar-refractivity contribution in [2.45, 2.75) is 82.6 Å². The molecule has 0 saturated carbocycles. The lowest BCUT2D eigenvalue weighted by Crippen LogP contribution is -2.61. The summed E-state index contributed by atoms with van der Waals surface area (Å²) in [5.74, 6) is 0. The third kappa shape index (κ3) is 3.89. The molecule has 0 aliphatic carbocycles. The second kappa shape index (κ2) is 6.36. The molecule has 1 aromatic rings. The molecule has 1 aromatic heterocycles. The monoisotopic (exact) mass is 332 g/mol. The average molecular weight is 332 g/mol. The zero-order chi connectivity index (χ0) is 17.4. The van der Waals surface area contributed by atoms with Crippen LogP contribution in [0.4, 0.5) is 4.79 Å². The number of aliphatic hydroxyl groups is 1. The smallest absolute Gasteiger partial charge is 0.410 e. The van der Waals surface area contributed by atoms with Crippen molar-refractivity contribution in [1.29, 1.82) is 0 Å². The summed E-state index contributed by atoms with van der Waals surface area (Å²) in [6, 6.07) is 4.04. The highest BCUT2D eigenvalue weighted by atomic mass is 16.6. The van der Waals surface area contributed by atoms with Crippen LogP contribution in [0.1, 0.15) is 58.4 Å². The van der Waals surface area contributed by atoms with Crippen LogP contribution >= 0.6 is 0 Å². The van der Waals surface area contributed by atoms with Gasteiger partial charge in [-0.25, -0.2) is 4.79 Å². The van der Waals surface area contributed by atoms with Crippen molar-refractivity contribution >= 4 is 6.09 Å². The van der Waals surface area contributed by atoms with Crippen molar-refractivity contribution in [3.8, 4) is 0 Å². The second-order valence-corrected chi connectivity index (χ2v) is 8.29. The number of hydrogen-bond donors (Lipinski definition) is 1. The minimum absolute atomic E-state index is 0.0687. The molecule has 2 unspecified atom stereocenters. The van der Waals surface area contributed by atoms with Crippen LogP contribution < -0.4 is 0 Å². The molecular formula is C19H28N2O3. The number of carbonyl (C=O) groups is 1. The van der Waals surface area contributed by atoms with Gasteiger partial charge in [-0.05, 0) is 70.6 Å². The van der Waals surface area contributed by atoms with Gasteiger partial charge >= 0.3 is 6.09 Å². The summed E-state index contributed by atoms with van der Waals surface area (Å²) < 4.78 is 5.60. The molecule has 24 heavy (non-hydrogen) atoms. The van der Waals surface area contributed by atoms with E-state index < -0.39 is 11.2 Å². The second-order valence-electron chi connectivity index (χ2n) is 8.29. The number of carbonyl (C=O) groups excluding carboxylic acids is 1. The molecule has 2 atom stereocenters. The van der Waals surface area contributed by atoms with E-state index >= 15 is 0 Å². The van der Waals surface area contributed by atoms with Gasteiger partial charge in [-0.1, -0.05) is 0 Å². The number of amides is 1. The maximum atomic E-state index is 12.6. The number of fused-ring (bicyclic) bond motifs is 2. The van der Waals surface area contributed by atoms with E-state index in [1.54, 1.807) is 12.4 Å². The van der Waals surface area contributed by atoms with Crippen molar-refractivity contribution in [3.05, 3.63) is 30.1 Å². The first-order valence-electron chi connectivity index (χ1n) is 8.88. The Morgan fingerprint density at radius 2 is 1.88 bits per heavy atom. The van der Waals surface area contributed by atoms with E-state index in [-0.39, 0.29) is 18.2 Å². The Morgan fingerprint density at radius 1 is 1.29 bits per heavy atom. The van der Waals surface area contributed by atoms with Crippen LogP contribution in [-0.2, 0) is 11.2 Å². The predicted molar refractivity (Wildman–Crippen MR) is 91.6 cm³/mol. The zero-order valence-electron chi connectivity index (χ0n) is 14.9. The molecule has 0 radical (unpaired) electrons. The van der Waals surface area contributed by atoms with Crippen molar-refractivity contribution in [3.63, 3.8) is 0 Å². The van der Waals surface area contributed by atoms with Crippen LogP contribution in [0, 0.1) is 0 Å². The molecule has 3 heterocycles. The Kier molecular flexibility index (Phi) is 4.56. The number of hydrogen-bond acceptors (Lipinski definition) is 4. The fourth-order valence-corrected chi connectivity index (χ4v) is 4.16. The number of ether oxygens (including phenoxy) is 1. The van der Waals surface area contributed by atoms with Crippen molar-refractivity contribution in [2.75, 3.05) is 0 Å². The SMILES string of the molecule is CC(C)(C)OC(=O)N1C2CCCC1CC(O)(Cc1ccncc1)C2. The summed E-state index contributed by atoms with van der Waals surface area (Å²) in [7, 11) is 0. The van der Waals surface area contributed by atoms with E-state index in [1.807, 2.05) is 37.8 Å². The van der Waals surface area contributed by atoms with Gasteiger partial charge in [-0.3, -0.25) is 4.98 Å². The van der Waals surface area contributed by atoms with Crippen molar-refractivity contribution in [2.24, 2.45) is 0 Å². The molecule has 2 aliphatic heterocycles. The van der Waals surface area contributed by atoms with Crippen LogP contribution in [0.5, 0.6) is 0 Å². The van der Waals surface area contributed by atoms with Gasteiger partial charge in [0.25, 0.3) is 0 Å². The third-order valence-electron chi connectivity index (χ3n) is 4.98.